The Morgan fingerprint density at radius 3 is 2.52 bits per heavy atom. The molecular formula is C23H30IN5O2. The van der Waals surface area contributed by atoms with E-state index < -0.39 is 0 Å². The molecule has 0 saturated heterocycles. The molecule has 0 atom stereocenters. The molecule has 8 heteroatoms. The van der Waals surface area contributed by atoms with Crippen LogP contribution in [-0.4, -0.2) is 48.7 Å². The molecule has 31 heavy (non-hydrogen) atoms. The van der Waals surface area contributed by atoms with E-state index in [0.717, 1.165) is 55.3 Å². The molecule has 2 aromatic carbocycles. The fourth-order valence-corrected chi connectivity index (χ4v) is 3.39. The van der Waals surface area contributed by atoms with Gasteiger partial charge in [0.25, 0.3) is 0 Å². The molecule has 166 valence electrons. The van der Waals surface area contributed by atoms with Crippen LogP contribution in [0.1, 0.15) is 28.2 Å². The summed E-state index contributed by atoms with van der Waals surface area (Å²) in [6.45, 7) is 4.52. The topological polar surface area (TPSA) is 80.5 Å². The van der Waals surface area contributed by atoms with Crippen LogP contribution in [0.3, 0.4) is 0 Å². The summed E-state index contributed by atoms with van der Waals surface area (Å²) >= 11 is 0. The van der Waals surface area contributed by atoms with Gasteiger partial charge in [0.15, 0.2) is 5.96 Å². The smallest absolute Gasteiger partial charge is 0.337 e. The average Bonchev–Trinajstić information content (AvgIpc) is 3.10. The molecule has 0 saturated carbocycles. The van der Waals surface area contributed by atoms with Crippen LogP contribution in [0, 0.1) is 6.92 Å². The van der Waals surface area contributed by atoms with Crippen LogP contribution in [-0.2, 0) is 17.7 Å². The monoisotopic (exact) mass is 535 g/mol. The Morgan fingerprint density at radius 1 is 1.10 bits per heavy atom. The third-order valence-corrected chi connectivity index (χ3v) is 5.00. The van der Waals surface area contributed by atoms with Crippen molar-refractivity contribution in [2.45, 2.75) is 26.3 Å². The first-order chi connectivity index (χ1) is 14.6. The number of benzene rings is 2. The number of aryl methyl sites for hydroxylation is 2. The molecule has 0 bridgehead atoms. The van der Waals surface area contributed by atoms with E-state index in [1.807, 2.05) is 37.3 Å². The highest BCUT2D eigenvalue weighted by Gasteiger charge is 2.07. The number of guanidine groups is 1. The zero-order chi connectivity index (χ0) is 21.3. The van der Waals surface area contributed by atoms with Crippen molar-refractivity contribution >= 4 is 46.9 Å². The molecule has 3 rings (SSSR count). The number of esters is 1. The summed E-state index contributed by atoms with van der Waals surface area (Å²) in [5.74, 6) is 1.51. The van der Waals surface area contributed by atoms with Gasteiger partial charge in [0.2, 0.25) is 0 Å². The van der Waals surface area contributed by atoms with Gasteiger partial charge >= 0.3 is 5.97 Å². The van der Waals surface area contributed by atoms with Gasteiger partial charge in [-0.05, 0) is 49.6 Å². The molecule has 0 amide bonds. The summed E-state index contributed by atoms with van der Waals surface area (Å²) < 4.78 is 6.98. The van der Waals surface area contributed by atoms with E-state index in [9.17, 15) is 4.79 Å². The second-order valence-electron chi connectivity index (χ2n) is 7.02. The Labute approximate surface area is 200 Å². The second kappa shape index (κ2) is 12.3. The van der Waals surface area contributed by atoms with Gasteiger partial charge < -0.3 is 19.9 Å². The maximum absolute atomic E-state index is 11.5. The van der Waals surface area contributed by atoms with Crippen LogP contribution in [0.25, 0.3) is 11.0 Å². The molecule has 1 heterocycles. The first kappa shape index (κ1) is 24.6. The summed E-state index contributed by atoms with van der Waals surface area (Å²) in [6.07, 6.45) is 1.80. The van der Waals surface area contributed by atoms with Gasteiger partial charge in [0.1, 0.15) is 5.82 Å². The lowest BCUT2D eigenvalue weighted by molar-refractivity contribution is 0.0600. The zero-order valence-corrected chi connectivity index (χ0v) is 20.6. The minimum atomic E-state index is -0.317. The first-order valence-electron chi connectivity index (χ1n) is 10.2. The van der Waals surface area contributed by atoms with E-state index in [-0.39, 0.29) is 29.9 Å². The van der Waals surface area contributed by atoms with Crippen LogP contribution in [0.2, 0.25) is 0 Å². The van der Waals surface area contributed by atoms with Gasteiger partial charge in [-0.1, -0.05) is 24.3 Å². The van der Waals surface area contributed by atoms with Gasteiger partial charge in [0, 0.05) is 26.7 Å². The van der Waals surface area contributed by atoms with Crippen LogP contribution >= 0.6 is 24.0 Å². The van der Waals surface area contributed by atoms with Gasteiger partial charge in [-0.3, -0.25) is 4.99 Å². The quantitative estimate of drug-likeness (QED) is 0.152. The van der Waals surface area contributed by atoms with Gasteiger partial charge in [0.05, 0.1) is 23.7 Å². The summed E-state index contributed by atoms with van der Waals surface area (Å²) in [7, 11) is 3.16. The summed E-state index contributed by atoms with van der Waals surface area (Å²) in [5.41, 5.74) is 3.93. The van der Waals surface area contributed by atoms with Gasteiger partial charge in [-0.2, -0.15) is 0 Å². The fourth-order valence-electron chi connectivity index (χ4n) is 3.39. The highest BCUT2D eigenvalue weighted by Crippen LogP contribution is 2.15. The standard InChI is InChI=1S/C23H29N5O2.HI/c1-17-27-20-7-4-5-8-21(20)28(17)16-6-14-25-23(24-2)26-15-13-18-9-11-19(12-10-18)22(29)30-3;/h4-5,7-12H,6,13-16H2,1-3H3,(H2,24,25,26);1H. The minimum absolute atomic E-state index is 0. The van der Waals surface area contributed by atoms with Crippen LogP contribution < -0.4 is 10.6 Å². The molecule has 1 aromatic heterocycles. The maximum Gasteiger partial charge on any atom is 0.337 e. The van der Waals surface area contributed by atoms with Crippen molar-refractivity contribution in [1.82, 2.24) is 20.2 Å². The van der Waals surface area contributed by atoms with E-state index in [1.165, 1.54) is 12.6 Å². The number of aromatic nitrogens is 2. The van der Waals surface area contributed by atoms with Crippen molar-refractivity contribution in [3.63, 3.8) is 0 Å². The van der Waals surface area contributed by atoms with E-state index in [2.05, 4.69) is 31.2 Å². The third kappa shape index (κ3) is 6.68. The molecule has 0 unspecified atom stereocenters. The summed E-state index contributed by atoms with van der Waals surface area (Å²) in [5, 5.41) is 6.69. The number of para-hydroxylation sites is 2. The number of methoxy groups -OCH3 is 1. The molecule has 2 N–H and O–H groups in total. The predicted octanol–water partition coefficient (Wildman–Crippen LogP) is 3.55. The maximum atomic E-state index is 11.5. The lowest BCUT2D eigenvalue weighted by Gasteiger charge is -2.13. The number of rotatable bonds is 8. The van der Waals surface area contributed by atoms with Crippen LogP contribution in [0.4, 0.5) is 0 Å². The number of hydrogen-bond donors (Lipinski definition) is 2. The number of fused-ring (bicyclic) bond motifs is 1. The van der Waals surface area contributed by atoms with Crippen molar-refractivity contribution in [3.05, 3.63) is 65.5 Å². The van der Waals surface area contributed by atoms with E-state index in [4.69, 9.17) is 4.74 Å². The van der Waals surface area contributed by atoms with Crippen molar-refractivity contribution in [3.8, 4) is 0 Å². The molecule has 0 aliphatic heterocycles. The van der Waals surface area contributed by atoms with Crippen molar-refractivity contribution in [2.24, 2.45) is 4.99 Å². The number of nitrogens with zero attached hydrogens (tertiary/aromatic N) is 3. The van der Waals surface area contributed by atoms with E-state index >= 15 is 0 Å². The van der Waals surface area contributed by atoms with Crippen molar-refractivity contribution in [1.29, 1.82) is 0 Å². The molecular weight excluding hydrogens is 505 g/mol. The number of ether oxygens (including phenoxy) is 1. The lowest BCUT2D eigenvalue weighted by atomic mass is 10.1. The molecule has 3 aromatic rings. The predicted molar refractivity (Wildman–Crippen MR) is 135 cm³/mol. The van der Waals surface area contributed by atoms with Crippen molar-refractivity contribution in [2.75, 3.05) is 27.2 Å². The first-order valence-corrected chi connectivity index (χ1v) is 10.2. The van der Waals surface area contributed by atoms with Crippen molar-refractivity contribution < 1.29 is 9.53 Å². The second-order valence-corrected chi connectivity index (χ2v) is 7.02. The zero-order valence-electron chi connectivity index (χ0n) is 18.2. The number of carbonyl (C=O) groups is 1. The van der Waals surface area contributed by atoms with Crippen LogP contribution in [0.15, 0.2) is 53.5 Å². The van der Waals surface area contributed by atoms with E-state index in [1.54, 1.807) is 19.2 Å². The number of halogens is 1. The number of carbonyl (C=O) groups excluding carboxylic acids is 1. The summed E-state index contributed by atoms with van der Waals surface area (Å²) in [4.78, 5) is 20.4. The molecule has 0 aliphatic rings. The van der Waals surface area contributed by atoms with Gasteiger partial charge in [-0.25, -0.2) is 9.78 Å². The number of imidazole rings is 1. The minimum Gasteiger partial charge on any atom is -0.465 e. The summed E-state index contributed by atoms with van der Waals surface area (Å²) in [6, 6.07) is 15.7. The van der Waals surface area contributed by atoms with E-state index in [0.29, 0.717) is 5.56 Å². The SMILES string of the molecule is CN=C(NCCCn1c(C)nc2ccccc21)NCCc1ccc(C(=O)OC)cc1.I. The Bertz CT molecular complexity index is 1010. The highest BCUT2D eigenvalue weighted by atomic mass is 127. The molecule has 0 spiro atoms. The fraction of sp³-hybridized carbons (Fsp3) is 0.348. The highest BCUT2D eigenvalue weighted by molar-refractivity contribution is 14.0. The Morgan fingerprint density at radius 2 is 1.81 bits per heavy atom. The third-order valence-electron chi connectivity index (χ3n) is 5.00. The molecule has 0 fully saturated rings. The number of aliphatic imine (C=N–C) groups is 1. The molecule has 0 aliphatic carbocycles. The Balaban J connectivity index is 0.00000341. The lowest BCUT2D eigenvalue weighted by Crippen LogP contribution is -2.39. The average molecular weight is 535 g/mol. The Hall–Kier alpha value is -2.62. The molecule has 7 nitrogen and oxygen atoms in total. The normalized spacial score (nSPS) is 11.1. The number of hydrogen-bond acceptors (Lipinski definition) is 4. The largest absolute Gasteiger partial charge is 0.465 e. The Kier molecular flexibility index (Phi) is 9.77. The number of nitrogens with one attached hydrogen (secondary N) is 2. The van der Waals surface area contributed by atoms with Gasteiger partial charge in [-0.15, -0.1) is 24.0 Å². The van der Waals surface area contributed by atoms with Crippen LogP contribution in [0.5, 0.6) is 0 Å². The molecule has 0 radical (unpaired) electrons.